The fraction of sp³-hybridized carbons (Fsp3) is 0.250. The van der Waals surface area contributed by atoms with Crippen LogP contribution in [0.4, 0.5) is 0 Å². The van der Waals surface area contributed by atoms with Gasteiger partial charge in [0.2, 0.25) is 0 Å². The molecule has 0 saturated carbocycles. The Bertz CT molecular complexity index is 330. The molecule has 0 radical (unpaired) electrons. The molecule has 1 N–H and O–H groups in total. The van der Waals surface area contributed by atoms with Crippen molar-refractivity contribution < 1.29 is 9.53 Å². The zero-order valence-corrected chi connectivity index (χ0v) is 7.15. The van der Waals surface area contributed by atoms with Crippen molar-refractivity contribution in [2.24, 2.45) is 4.99 Å². The minimum absolute atomic E-state index is 0.328. The van der Waals surface area contributed by atoms with Crippen LogP contribution in [0.2, 0.25) is 0 Å². The van der Waals surface area contributed by atoms with E-state index in [-0.39, 0.29) is 0 Å². The number of hydrazine groups is 1. The Labute approximate surface area is 75.4 Å². The lowest BCUT2D eigenvalue weighted by molar-refractivity contribution is -0.132. The number of aliphatic imine (C=N–C) groups is 1. The molecular weight excluding hydrogens is 170 g/mol. The minimum atomic E-state index is -0.413. The van der Waals surface area contributed by atoms with Crippen molar-refractivity contribution in [3.63, 3.8) is 0 Å². The van der Waals surface area contributed by atoms with Crippen LogP contribution >= 0.6 is 0 Å². The highest BCUT2D eigenvalue weighted by Gasteiger charge is 2.19. The van der Waals surface area contributed by atoms with Crippen molar-refractivity contribution in [1.82, 2.24) is 10.4 Å². The minimum Gasteiger partial charge on any atom is -0.464 e. The van der Waals surface area contributed by atoms with E-state index in [2.05, 4.69) is 15.2 Å². The number of rotatable bonds is 1. The first-order valence-electron chi connectivity index (χ1n) is 3.89. The fourth-order valence-corrected chi connectivity index (χ4v) is 1.17. The van der Waals surface area contributed by atoms with Crippen molar-refractivity contribution in [1.29, 1.82) is 0 Å². The zero-order valence-electron chi connectivity index (χ0n) is 7.15. The smallest absolute Gasteiger partial charge is 0.356 e. The molecule has 5 nitrogen and oxygen atoms in total. The van der Waals surface area contributed by atoms with Crippen LogP contribution in [0.15, 0.2) is 29.2 Å². The summed E-state index contributed by atoms with van der Waals surface area (Å²) in [6.45, 7) is 0.734. The molecule has 2 aliphatic heterocycles. The number of nitrogens with one attached hydrogen (secondary N) is 1. The van der Waals surface area contributed by atoms with Crippen LogP contribution in [0.25, 0.3) is 0 Å². The standard InChI is InChI=1S/C8H9N3O2/c1-13-8(12)6-3-5-11-7(10-6)2-4-9-11/h2-3,5,9H,4H2,1H3. The molecule has 0 aliphatic carbocycles. The van der Waals surface area contributed by atoms with E-state index in [4.69, 9.17) is 0 Å². The van der Waals surface area contributed by atoms with Gasteiger partial charge in [-0.15, -0.1) is 0 Å². The molecule has 0 amide bonds. The van der Waals surface area contributed by atoms with Crippen molar-refractivity contribution in [2.75, 3.05) is 13.7 Å². The number of carbonyl (C=O) groups is 1. The van der Waals surface area contributed by atoms with Gasteiger partial charge in [-0.05, 0) is 12.2 Å². The number of nitrogens with zero attached hydrogens (tertiary/aromatic N) is 2. The second-order valence-corrected chi connectivity index (χ2v) is 2.60. The summed E-state index contributed by atoms with van der Waals surface area (Å²) in [6.07, 6.45) is 5.26. The Kier molecular flexibility index (Phi) is 1.86. The first-order chi connectivity index (χ1) is 6.31. The molecule has 2 aliphatic rings. The van der Waals surface area contributed by atoms with Gasteiger partial charge in [0.05, 0.1) is 7.11 Å². The van der Waals surface area contributed by atoms with Crippen LogP contribution in [0.3, 0.4) is 0 Å². The second kappa shape index (κ2) is 3.02. The van der Waals surface area contributed by atoms with Gasteiger partial charge < -0.3 is 4.74 Å². The maximum atomic E-state index is 11.1. The quantitative estimate of drug-likeness (QED) is 0.566. The molecule has 0 fully saturated rings. The van der Waals surface area contributed by atoms with Crippen LogP contribution in [0.1, 0.15) is 0 Å². The van der Waals surface area contributed by atoms with E-state index >= 15 is 0 Å². The van der Waals surface area contributed by atoms with Crippen LogP contribution in [0.5, 0.6) is 0 Å². The second-order valence-electron chi connectivity index (χ2n) is 2.60. The summed E-state index contributed by atoms with van der Waals surface area (Å²) in [6, 6.07) is 0. The first kappa shape index (κ1) is 8.00. The number of methoxy groups -OCH3 is 1. The van der Waals surface area contributed by atoms with Gasteiger partial charge in [-0.2, -0.15) is 0 Å². The maximum Gasteiger partial charge on any atom is 0.356 e. The van der Waals surface area contributed by atoms with Crippen LogP contribution in [-0.2, 0) is 9.53 Å². The third-order valence-corrected chi connectivity index (χ3v) is 1.80. The molecule has 0 aromatic heterocycles. The van der Waals surface area contributed by atoms with E-state index in [9.17, 15) is 4.79 Å². The Morgan fingerprint density at radius 1 is 1.77 bits per heavy atom. The fourth-order valence-electron chi connectivity index (χ4n) is 1.17. The molecule has 2 heterocycles. The Morgan fingerprint density at radius 2 is 2.62 bits per heavy atom. The van der Waals surface area contributed by atoms with Crippen LogP contribution < -0.4 is 5.43 Å². The number of fused-ring (bicyclic) bond motifs is 1. The van der Waals surface area contributed by atoms with E-state index in [1.807, 2.05) is 6.08 Å². The van der Waals surface area contributed by atoms with Gasteiger partial charge in [0.25, 0.3) is 0 Å². The van der Waals surface area contributed by atoms with Gasteiger partial charge in [0, 0.05) is 12.7 Å². The molecule has 0 spiro atoms. The summed E-state index contributed by atoms with van der Waals surface area (Å²) in [5.41, 5.74) is 3.36. The van der Waals surface area contributed by atoms with Gasteiger partial charge in [-0.3, -0.25) is 5.01 Å². The number of hydrogen-bond donors (Lipinski definition) is 1. The lowest BCUT2D eigenvalue weighted by Crippen LogP contribution is -2.29. The van der Waals surface area contributed by atoms with Crippen molar-refractivity contribution >= 4 is 11.7 Å². The summed E-state index contributed by atoms with van der Waals surface area (Å²) in [5.74, 6) is 0.326. The number of esters is 1. The number of carbonyl (C=O) groups excluding carboxylic acids is 1. The third-order valence-electron chi connectivity index (χ3n) is 1.80. The lowest BCUT2D eigenvalue weighted by Gasteiger charge is -2.18. The average molecular weight is 179 g/mol. The van der Waals surface area contributed by atoms with E-state index in [0.717, 1.165) is 12.4 Å². The Morgan fingerprint density at radius 3 is 3.38 bits per heavy atom. The highest BCUT2D eigenvalue weighted by molar-refractivity contribution is 6.41. The van der Waals surface area contributed by atoms with Gasteiger partial charge in [0.1, 0.15) is 5.82 Å². The van der Waals surface area contributed by atoms with Gasteiger partial charge in [-0.1, -0.05) is 0 Å². The van der Waals surface area contributed by atoms with Crippen molar-refractivity contribution in [3.05, 3.63) is 24.2 Å². The summed E-state index contributed by atoms with van der Waals surface area (Å²) in [5, 5.41) is 1.76. The van der Waals surface area contributed by atoms with Crippen molar-refractivity contribution in [2.45, 2.75) is 0 Å². The topological polar surface area (TPSA) is 53.9 Å². The van der Waals surface area contributed by atoms with E-state index in [1.54, 1.807) is 17.3 Å². The summed E-state index contributed by atoms with van der Waals surface area (Å²) < 4.78 is 4.55. The molecule has 2 rings (SSSR count). The molecule has 0 atom stereocenters. The monoisotopic (exact) mass is 179 g/mol. The van der Waals surface area contributed by atoms with Gasteiger partial charge in [0.15, 0.2) is 5.71 Å². The predicted molar refractivity (Wildman–Crippen MR) is 46.5 cm³/mol. The molecule has 0 unspecified atom stereocenters. The highest BCUT2D eigenvalue weighted by atomic mass is 16.5. The Balaban J connectivity index is 2.24. The zero-order chi connectivity index (χ0) is 9.26. The van der Waals surface area contributed by atoms with Crippen LogP contribution in [0, 0.1) is 0 Å². The number of hydrogen-bond acceptors (Lipinski definition) is 5. The molecule has 0 aromatic carbocycles. The summed E-state index contributed by atoms with van der Waals surface area (Å²) >= 11 is 0. The molecule has 0 bridgehead atoms. The molecule has 5 heteroatoms. The largest absolute Gasteiger partial charge is 0.464 e. The lowest BCUT2D eigenvalue weighted by atomic mass is 10.3. The molecule has 0 saturated heterocycles. The van der Waals surface area contributed by atoms with Gasteiger partial charge >= 0.3 is 5.97 Å². The van der Waals surface area contributed by atoms with Crippen LogP contribution in [-0.4, -0.2) is 30.3 Å². The highest BCUT2D eigenvalue weighted by Crippen LogP contribution is 2.14. The molecule has 68 valence electrons. The van der Waals surface area contributed by atoms with E-state index in [0.29, 0.717) is 5.71 Å². The molecule has 0 aromatic rings. The Hall–Kier alpha value is -1.62. The summed E-state index contributed by atoms with van der Waals surface area (Å²) in [4.78, 5) is 15.2. The summed E-state index contributed by atoms with van der Waals surface area (Å²) in [7, 11) is 1.34. The van der Waals surface area contributed by atoms with E-state index < -0.39 is 5.97 Å². The maximum absolute atomic E-state index is 11.1. The van der Waals surface area contributed by atoms with Crippen molar-refractivity contribution in [3.8, 4) is 0 Å². The first-order valence-corrected chi connectivity index (χ1v) is 3.89. The molecule has 13 heavy (non-hydrogen) atoms. The third kappa shape index (κ3) is 1.33. The predicted octanol–water partition coefficient (Wildman–Crippen LogP) is -0.211. The normalized spacial score (nSPS) is 19.3. The number of ether oxygens (including phenoxy) is 1. The van der Waals surface area contributed by atoms with E-state index in [1.165, 1.54) is 7.11 Å². The SMILES string of the molecule is COC(=O)C1=NC2=CCNN2C=C1. The molecular formula is C8H9N3O2. The average Bonchev–Trinajstić information content (AvgIpc) is 2.63. The van der Waals surface area contributed by atoms with Gasteiger partial charge in [-0.25, -0.2) is 15.2 Å².